The van der Waals surface area contributed by atoms with Crippen molar-refractivity contribution >= 4 is 46.3 Å². The van der Waals surface area contributed by atoms with Crippen LogP contribution in [0, 0.1) is 5.92 Å². The number of nitrogen functional groups attached to an aromatic ring is 1. The number of para-hydroxylation sites is 1. The number of imide groups is 1. The third-order valence-electron chi connectivity index (χ3n) is 15.9. The number of piperazine rings is 1. The van der Waals surface area contributed by atoms with Gasteiger partial charge in [0.1, 0.15) is 35.4 Å². The molecule has 3 aromatic carbocycles. The lowest BCUT2D eigenvalue weighted by molar-refractivity contribution is -0.136. The average Bonchev–Trinajstić information content (AvgIpc) is 3.95. The van der Waals surface area contributed by atoms with Gasteiger partial charge in [-0.15, -0.1) is 0 Å². The van der Waals surface area contributed by atoms with Crippen LogP contribution in [0.15, 0.2) is 79.1 Å². The van der Waals surface area contributed by atoms with Gasteiger partial charge in [-0.25, -0.2) is 19.4 Å². The minimum Gasteiger partial charge on any atom is -0.457 e. The molecular weight excluding hydrogens is 885 g/mol. The molecule has 8 heterocycles. The fourth-order valence-corrected chi connectivity index (χ4v) is 11.9. The molecule has 0 bridgehead atoms. The number of nitrogens with zero attached hydrogens (tertiary/aromatic N) is 10. The van der Waals surface area contributed by atoms with Crippen molar-refractivity contribution in [3.63, 3.8) is 0 Å². The zero-order valence-electron chi connectivity index (χ0n) is 40.0. The Morgan fingerprint density at radius 2 is 1.53 bits per heavy atom. The number of nitrogens with two attached hydrogens (primary N) is 1. The standard InChI is InChI=1S/C53H64N12O5/c54-49-47-48(37-10-13-43(14-11-37)70-42-8-2-1-3-9-42)58-65(50(47)56-35-55-49)41-7-5-23-63(34-41)39-20-26-61(27-21-39)53(69)62-30-28-59(29-31-62)22-4-6-36-18-24-60(25-19-36)40-12-15-44-38(32-40)33-64(52(44)68)45-16-17-46(66)57-51(45)67/h1-3,8-15,32,35-36,39,41,45H,4-7,16-31,33-34H2,(H2,54,55,56)(H,57,66,67)/t41-,45?/m1/s1. The minimum absolute atomic E-state index is 0.128. The number of rotatable bonds is 11. The Kier molecular flexibility index (Phi) is 13.1. The summed E-state index contributed by atoms with van der Waals surface area (Å²) in [6.45, 7) is 10.3. The van der Waals surface area contributed by atoms with E-state index in [9.17, 15) is 19.2 Å². The molecule has 2 aromatic heterocycles. The normalized spacial score (nSPS) is 22.2. The summed E-state index contributed by atoms with van der Waals surface area (Å²) in [6.07, 6.45) is 10.8. The lowest BCUT2D eigenvalue weighted by Crippen LogP contribution is -2.56. The van der Waals surface area contributed by atoms with Gasteiger partial charge >= 0.3 is 6.03 Å². The van der Waals surface area contributed by atoms with Gasteiger partial charge in [0.15, 0.2) is 5.65 Å². The molecular formula is C53H64N12O5. The van der Waals surface area contributed by atoms with E-state index in [1.165, 1.54) is 19.2 Å². The lowest BCUT2D eigenvalue weighted by atomic mass is 9.91. The molecule has 0 radical (unpaired) electrons. The van der Waals surface area contributed by atoms with E-state index < -0.39 is 6.04 Å². The van der Waals surface area contributed by atoms with E-state index in [1.807, 2.05) is 66.7 Å². The van der Waals surface area contributed by atoms with Crippen molar-refractivity contribution in [3.8, 4) is 22.8 Å². The summed E-state index contributed by atoms with van der Waals surface area (Å²) in [7, 11) is 0. The zero-order valence-corrected chi connectivity index (χ0v) is 40.0. The molecule has 0 spiro atoms. The molecule has 17 nitrogen and oxygen atoms in total. The molecule has 11 rings (SSSR count). The van der Waals surface area contributed by atoms with Gasteiger partial charge in [-0.3, -0.25) is 29.5 Å². The Morgan fingerprint density at radius 3 is 2.30 bits per heavy atom. The highest BCUT2D eigenvalue weighted by atomic mass is 16.5. The van der Waals surface area contributed by atoms with E-state index in [-0.39, 0.29) is 36.2 Å². The summed E-state index contributed by atoms with van der Waals surface area (Å²) < 4.78 is 8.12. The molecule has 17 heteroatoms. The quantitative estimate of drug-likeness (QED) is 0.144. The van der Waals surface area contributed by atoms with Crippen molar-refractivity contribution in [3.05, 3.63) is 90.3 Å². The Hall–Kier alpha value is -6.59. The van der Waals surface area contributed by atoms with Crippen molar-refractivity contribution < 1.29 is 23.9 Å². The number of benzene rings is 3. The third-order valence-corrected chi connectivity index (χ3v) is 15.9. The van der Waals surface area contributed by atoms with Gasteiger partial charge in [0, 0.05) is 94.7 Å². The van der Waals surface area contributed by atoms with Crippen molar-refractivity contribution in [2.45, 2.75) is 88.9 Å². The molecule has 0 saturated carbocycles. The van der Waals surface area contributed by atoms with Crippen molar-refractivity contribution in [2.24, 2.45) is 5.92 Å². The third kappa shape index (κ3) is 9.52. The number of carbonyl (C=O) groups excluding carboxylic acids is 4. The second-order valence-electron chi connectivity index (χ2n) is 20.1. The maximum atomic E-state index is 13.8. The molecule has 3 N–H and O–H groups in total. The van der Waals surface area contributed by atoms with Crippen molar-refractivity contribution in [1.29, 1.82) is 0 Å². The first-order valence-corrected chi connectivity index (χ1v) is 25.6. The molecule has 5 fully saturated rings. The van der Waals surface area contributed by atoms with Crippen LogP contribution in [0.25, 0.3) is 22.3 Å². The topological polar surface area (TPSA) is 179 Å². The number of ether oxygens (including phenoxy) is 1. The van der Waals surface area contributed by atoms with Gasteiger partial charge in [0.2, 0.25) is 11.8 Å². The van der Waals surface area contributed by atoms with Crippen molar-refractivity contribution in [2.75, 3.05) is 82.6 Å². The maximum Gasteiger partial charge on any atom is 0.320 e. The van der Waals surface area contributed by atoms with Crippen LogP contribution < -0.4 is 20.7 Å². The Balaban J connectivity index is 0.608. The number of aromatic nitrogens is 4. The largest absolute Gasteiger partial charge is 0.457 e. The summed E-state index contributed by atoms with van der Waals surface area (Å²) in [5.41, 5.74) is 11.7. The fraction of sp³-hybridized carbons (Fsp3) is 0.491. The predicted octanol–water partition coefficient (Wildman–Crippen LogP) is 6.16. The van der Waals surface area contributed by atoms with Crippen molar-refractivity contribution in [1.82, 2.24) is 49.6 Å². The van der Waals surface area contributed by atoms with E-state index in [2.05, 4.69) is 45.5 Å². The number of carbonyl (C=O) groups is 4. The van der Waals surface area contributed by atoms with Gasteiger partial charge in [-0.1, -0.05) is 18.2 Å². The van der Waals surface area contributed by atoms with Gasteiger partial charge in [-0.05, 0) is 137 Å². The molecule has 5 aromatic rings. The van der Waals surface area contributed by atoms with Crippen LogP contribution in [-0.4, -0.2) is 152 Å². The smallest absolute Gasteiger partial charge is 0.320 e. The molecule has 0 aliphatic carbocycles. The minimum atomic E-state index is -0.595. The Labute approximate surface area is 408 Å². The second-order valence-corrected chi connectivity index (χ2v) is 20.1. The molecule has 6 aliphatic rings. The van der Waals surface area contributed by atoms with Crippen LogP contribution in [0.1, 0.15) is 86.2 Å². The number of hydrogen-bond donors (Lipinski definition) is 2. The molecule has 5 saturated heterocycles. The fourth-order valence-electron chi connectivity index (χ4n) is 11.9. The molecule has 70 heavy (non-hydrogen) atoms. The molecule has 6 aliphatic heterocycles. The summed E-state index contributed by atoms with van der Waals surface area (Å²) in [5.74, 6) is 1.86. The molecule has 366 valence electrons. The highest BCUT2D eigenvalue weighted by Gasteiger charge is 2.40. The number of amides is 5. The van der Waals surface area contributed by atoms with Gasteiger partial charge < -0.3 is 30.1 Å². The van der Waals surface area contributed by atoms with E-state index in [0.29, 0.717) is 36.3 Å². The molecule has 5 amide bonds. The summed E-state index contributed by atoms with van der Waals surface area (Å²) in [6, 6.07) is 23.9. The van der Waals surface area contributed by atoms with E-state index in [1.54, 1.807) is 4.90 Å². The predicted molar refractivity (Wildman–Crippen MR) is 266 cm³/mol. The number of likely N-dealkylation sites (tertiary alicyclic amines) is 2. The number of fused-ring (bicyclic) bond motifs is 2. The highest BCUT2D eigenvalue weighted by molar-refractivity contribution is 6.05. The number of anilines is 2. The number of hydrogen-bond acceptors (Lipinski definition) is 12. The van der Waals surface area contributed by atoms with Gasteiger partial charge in [-0.2, -0.15) is 5.10 Å². The molecule has 2 atom stereocenters. The van der Waals surface area contributed by atoms with Crippen LogP contribution >= 0.6 is 0 Å². The van der Waals surface area contributed by atoms with Crippen LogP contribution in [0.3, 0.4) is 0 Å². The first kappa shape index (κ1) is 45.8. The van der Waals surface area contributed by atoms with Crippen LogP contribution in [0.5, 0.6) is 11.5 Å². The zero-order chi connectivity index (χ0) is 47.7. The molecule has 1 unspecified atom stereocenters. The Morgan fingerprint density at radius 1 is 0.771 bits per heavy atom. The summed E-state index contributed by atoms with van der Waals surface area (Å²) >= 11 is 0. The summed E-state index contributed by atoms with van der Waals surface area (Å²) in [5, 5.41) is 8.35. The maximum absolute atomic E-state index is 13.8. The highest BCUT2D eigenvalue weighted by Crippen LogP contribution is 2.37. The second kappa shape index (κ2) is 20.0. The van der Waals surface area contributed by atoms with Crippen LogP contribution in [0.2, 0.25) is 0 Å². The number of piperidine rings is 4. The van der Waals surface area contributed by atoms with Crippen LogP contribution in [0.4, 0.5) is 16.3 Å². The Bertz CT molecular complexity index is 2710. The monoisotopic (exact) mass is 949 g/mol. The van der Waals surface area contributed by atoms with E-state index >= 15 is 0 Å². The lowest BCUT2D eigenvalue weighted by Gasteiger charge is -2.44. The van der Waals surface area contributed by atoms with Crippen LogP contribution in [-0.2, 0) is 16.1 Å². The van der Waals surface area contributed by atoms with E-state index in [4.69, 9.17) is 20.6 Å². The SMILES string of the molecule is Nc1ncnc2c1c(-c1ccc(Oc3ccccc3)cc1)nn2[C@@H]1CCCN(C2CCN(C(=O)N3CCN(CCCC4CCN(c5ccc6c(c5)CN(C5CCC(=O)NC5=O)C6=O)CC4)CC3)CC2)C1. The van der Waals surface area contributed by atoms with Gasteiger partial charge in [0.05, 0.1) is 11.4 Å². The summed E-state index contributed by atoms with van der Waals surface area (Å²) in [4.78, 5) is 73.6. The van der Waals surface area contributed by atoms with E-state index in [0.717, 1.165) is 156 Å². The number of nitrogens with one attached hydrogen (secondary N) is 1. The van der Waals surface area contributed by atoms with Gasteiger partial charge in [0.25, 0.3) is 5.91 Å². The number of urea groups is 1. The first-order valence-electron chi connectivity index (χ1n) is 25.6. The average molecular weight is 949 g/mol. The first-order chi connectivity index (χ1) is 34.2.